The zero-order chi connectivity index (χ0) is 15.6. The fourth-order valence-electron chi connectivity index (χ4n) is 3.23. The number of aromatic amines is 1. The zero-order valence-electron chi connectivity index (χ0n) is 12.7. The molecule has 0 radical (unpaired) electrons. The lowest BCUT2D eigenvalue weighted by Crippen LogP contribution is -2.25. The van der Waals surface area contributed by atoms with Crippen LogP contribution in [0.25, 0.3) is 22.2 Å². The molecule has 2 N–H and O–H groups in total. The highest BCUT2D eigenvalue weighted by Gasteiger charge is 2.16. The first-order chi connectivity index (χ1) is 11.3. The lowest BCUT2D eigenvalue weighted by atomic mass is 9.96. The van der Waals surface area contributed by atoms with E-state index in [1.807, 2.05) is 22.9 Å². The van der Waals surface area contributed by atoms with Crippen LogP contribution in [-0.2, 0) is 0 Å². The third kappa shape index (κ3) is 2.86. The molecule has 0 spiro atoms. The van der Waals surface area contributed by atoms with E-state index >= 15 is 0 Å². The largest absolute Gasteiger partial charge is 0.353 e. The predicted octanol–water partition coefficient (Wildman–Crippen LogP) is 3.79. The summed E-state index contributed by atoms with van der Waals surface area (Å²) in [5.74, 6) is 0.532. The van der Waals surface area contributed by atoms with Gasteiger partial charge in [-0.3, -0.25) is 9.78 Å². The van der Waals surface area contributed by atoms with Gasteiger partial charge in [0.2, 0.25) is 5.95 Å². The van der Waals surface area contributed by atoms with Gasteiger partial charge in [-0.1, -0.05) is 19.3 Å². The zero-order valence-corrected chi connectivity index (χ0v) is 13.5. The molecule has 4 rings (SSSR count). The lowest BCUT2D eigenvalue weighted by Gasteiger charge is -2.22. The van der Waals surface area contributed by atoms with Crippen molar-refractivity contribution in [2.24, 2.45) is 0 Å². The summed E-state index contributed by atoms with van der Waals surface area (Å²) in [6.07, 6.45) is 7.73. The molecule has 1 aliphatic rings. The number of aromatic nitrogens is 3. The normalized spacial score (nSPS) is 15.8. The van der Waals surface area contributed by atoms with Crippen LogP contribution in [0.1, 0.15) is 32.1 Å². The van der Waals surface area contributed by atoms with Gasteiger partial charge in [-0.25, -0.2) is 4.98 Å². The van der Waals surface area contributed by atoms with Crippen LogP contribution in [0.2, 0.25) is 0 Å². The minimum atomic E-state index is -0.136. The molecule has 0 atom stereocenters. The maximum absolute atomic E-state index is 12.6. The summed E-state index contributed by atoms with van der Waals surface area (Å²) >= 11 is 1.61. The average molecular weight is 326 g/mol. The van der Waals surface area contributed by atoms with Crippen molar-refractivity contribution in [3.05, 3.63) is 39.4 Å². The van der Waals surface area contributed by atoms with Gasteiger partial charge in [0.25, 0.3) is 5.56 Å². The molecule has 0 bridgehead atoms. The van der Waals surface area contributed by atoms with E-state index in [0.29, 0.717) is 23.0 Å². The van der Waals surface area contributed by atoms with E-state index < -0.39 is 0 Å². The van der Waals surface area contributed by atoms with Crippen LogP contribution in [0.3, 0.4) is 0 Å². The predicted molar refractivity (Wildman–Crippen MR) is 94.0 cm³/mol. The van der Waals surface area contributed by atoms with Gasteiger partial charge in [-0.05, 0) is 41.3 Å². The van der Waals surface area contributed by atoms with Gasteiger partial charge in [-0.2, -0.15) is 16.3 Å². The SMILES string of the molecule is O=c1[nH]c(NC2CCCCC2)nc2nccc(-c3ccsc3)c12. The molecule has 5 nitrogen and oxygen atoms in total. The number of rotatable bonds is 3. The second kappa shape index (κ2) is 6.12. The first-order valence-corrected chi connectivity index (χ1v) is 8.94. The van der Waals surface area contributed by atoms with Crippen LogP contribution < -0.4 is 10.9 Å². The number of nitrogens with one attached hydrogen (secondary N) is 2. The van der Waals surface area contributed by atoms with Crippen molar-refractivity contribution in [3.63, 3.8) is 0 Å². The Morgan fingerprint density at radius 1 is 1.22 bits per heavy atom. The van der Waals surface area contributed by atoms with Crippen molar-refractivity contribution in [3.8, 4) is 11.1 Å². The first-order valence-electron chi connectivity index (χ1n) is 7.99. The van der Waals surface area contributed by atoms with E-state index in [9.17, 15) is 4.79 Å². The van der Waals surface area contributed by atoms with E-state index in [4.69, 9.17) is 0 Å². The highest BCUT2D eigenvalue weighted by atomic mass is 32.1. The van der Waals surface area contributed by atoms with Crippen molar-refractivity contribution in [1.82, 2.24) is 15.0 Å². The molecule has 0 saturated heterocycles. The Morgan fingerprint density at radius 3 is 2.87 bits per heavy atom. The Bertz CT molecular complexity index is 866. The Morgan fingerprint density at radius 2 is 2.09 bits per heavy atom. The smallest absolute Gasteiger partial charge is 0.262 e. The van der Waals surface area contributed by atoms with E-state index in [1.165, 1.54) is 19.3 Å². The quantitative estimate of drug-likeness (QED) is 0.768. The molecule has 1 aliphatic carbocycles. The molecule has 0 unspecified atom stereocenters. The van der Waals surface area contributed by atoms with Crippen molar-refractivity contribution >= 4 is 28.3 Å². The number of nitrogens with zero attached hydrogens (tertiary/aromatic N) is 2. The fourth-order valence-corrected chi connectivity index (χ4v) is 3.89. The van der Waals surface area contributed by atoms with Gasteiger partial charge >= 0.3 is 0 Å². The molecule has 0 aliphatic heterocycles. The second-order valence-corrected chi connectivity index (χ2v) is 6.74. The molecule has 1 fully saturated rings. The van der Waals surface area contributed by atoms with Crippen molar-refractivity contribution in [1.29, 1.82) is 0 Å². The Balaban J connectivity index is 1.75. The van der Waals surface area contributed by atoms with Gasteiger partial charge in [-0.15, -0.1) is 0 Å². The third-order valence-electron chi connectivity index (χ3n) is 4.39. The first kappa shape index (κ1) is 14.4. The molecule has 0 aromatic carbocycles. The number of hydrogen-bond acceptors (Lipinski definition) is 5. The van der Waals surface area contributed by atoms with Crippen LogP contribution in [0.5, 0.6) is 0 Å². The van der Waals surface area contributed by atoms with E-state index in [0.717, 1.165) is 24.0 Å². The minimum Gasteiger partial charge on any atom is -0.353 e. The molecule has 118 valence electrons. The summed E-state index contributed by atoms with van der Waals surface area (Å²) in [6.45, 7) is 0. The maximum Gasteiger partial charge on any atom is 0.262 e. The van der Waals surface area contributed by atoms with Crippen molar-refractivity contribution < 1.29 is 0 Å². The Kier molecular flexibility index (Phi) is 3.83. The summed E-state index contributed by atoms with van der Waals surface area (Å²) in [4.78, 5) is 24.3. The van der Waals surface area contributed by atoms with Crippen LogP contribution in [0.15, 0.2) is 33.9 Å². The van der Waals surface area contributed by atoms with Gasteiger partial charge in [0.05, 0.1) is 5.39 Å². The molecule has 6 heteroatoms. The number of H-pyrrole nitrogens is 1. The van der Waals surface area contributed by atoms with E-state index in [2.05, 4.69) is 20.3 Å². The Labute approximate surface area is 137 Å². The second-order valence-electron chi connectivity index (χ2n) is 5.96. The topological polar surface area (TPSA) is 70.7 Å². The molecule has 3 aromatic heterocycles. The number of pyridine rings is 1. The van der Waals surface area contributed by atoms with E-state index in [-0.39, 0.29) is 5.56 Å². The maximum atomic E-state index is 12.6. The molecular weight excluding hydrogens is 308 g/mol. The summed E-state index contributed by atoms with van der Waals surface area (Å²) in [5, 5.41) is 7.95. The minimum absolute atomic E-state index is 0.136. The van der Waals surface area contributed by atoms with Crippen LogP contribution in [0, 0.1) is 0 Å². The summed E-state index contributed by atoms with van der Waals surface area (Å²) in [6, 6.07) is 4.27. The van der Waals surface area contributed by atoms with Crippen molar-refractivity contribution in [2.75, 3.05) is 5.32 Å². The average Bonchev–Trinajstić information content (AvgIpc) is 3.09. The third-order valence-corrected chi connectivity index (χ3v) is 5.07. The molecular formula is C17H18N4OS. The van der Waals surface area contributed by atoms with Gasteiger partial charge in [0.1, 0.15) is 0 Å². The van der Waals surface area contributed by atoms with Crippen LogP contribution >= 0.6 is 11.3 Å². The van der Waals surface area contributed by atoms with Gasteiger partial charge in [0.15, 0.2) is 5.65 Å². The number of hydrogen-bond donors (Lipinski definition) is 2. The fraction of sp³-hybridized carbons (Fsp3) is 0.353. The lowest BCUT2D eigenvalue weighted by molar-refractivity contribution is 0.461. The number of thiophene rings is 1. The van der Waals surface area contributed by atoms with Crippen molar-refractivity contribution in [2.45, 2.75) is 38.1 Å². The van der Waals surface area contributed by atoms with Gasteiger partial charge in [0, 0.05) is 17.8 Å². The monoisotopic (exact) mass is 326 g/mol. The highest BCUT2D eigenvalue weighted by Crippen LogP contribution is 2.27. The van der Waals surface area contributed by atoms with Crippen LogP contribution in [-0.4, -0.2) is 21.0 Å². The van der Waals surface area contributed by atoms with E-state index in [1.54, 1.807) is 17.5 Å². The van der Waals surface area contributed by atoms with Gasteiger partial charge < -0.3 is 5.32 Å². The molecule has 23 heavy (non-hydrogen) atoms. The number of fused-ring (bicyclic) bond motifs is 1. The molecule has 0 amide bonds. The summed E-state index contributed by atoms with van der Waals surface area (Å²) in [7, 11) is 0. The number of anilines is 1. The highest BCUT2D eigenvalue weighted by molar-refractivity contribution is 7.08. The van der Waals surface area contributed by atoms with Crippen LogP contribution in [0.4, 0.5) is 5.95 Å². The standard InChI is InChI=1S/C17H18N4OS/c22-16-14-13(11-7-9-23-10-11)6-8-18-15(14)20-17(21-16)19-12-4-2-1-3-5-12/h6-10,12H,1-5H2,(H2,18,19,20,21,22). The summed E-state index contributed by atoms with van der Waals surface area (Å²) in [5.41, 5.74) is 2.27. The molecule has 3 aromatic rings. The summed E-state index contributed by atoms with van der Waals surface area (Å²) < 4.78 is 0. The molecule has 1 saturated carbocycles. The Hall–Kier alpha value is -2.21. The molecule has 3 heterocycles.